The van der Waals surface area contributed by atoms with E-state index in [1.54, 1.807) is 13.8 Å². The molecule has 0 aliphatic heterocycles. The molecule has 4 heteroatoms. The second-order valence-corrected chi connectivity index (χ2v) is 9.33. The van der Waals surface area contributed by atoms with Gasteiger partial charge in [0.25, 0.3) is 0 Å². The first-order valence-electron chi connectivity index (χ1n) is 12.2. The van der Waals surface area contributed by atoms with Gasteiger partial charge in [0, 0.05) is 0 Å². The van der Waals surface area contributed by atoms with Gasteiger partial charge in [-0.2, -0.15) is 13.2 Å². The monoisotopic (exact) mass is 486 g/mol. The highest BCUT2D eigenvalue weighted by molar-refractivity contribution is 5.83. The summed E-state index contributed by atoms with van der Waals surface area (Å²) in [5.74, 6) is 0. The Kier molecular flexibility index (Phi) is 11.7. The maximum absolute atomic E-state index is 13.6. The molecule has 1 nitrogen and oxygen atoms in total. The van der Waals surface area contributed by atoms with Crippen LogP contribution in [0.2, 0.25) is 0 Å². The Balaban J connectivity index is 3.27. The van der Waals surface area contributed by atoms with E-state index in [-0.39, 0.29) is 0 Å². The average Bonchev–Trinajstić information content (AvgIpc) is 2.78. The van der Waals surface area contributed by atoms with Crippen molar-refractivity contribution in [1.82, 2.24) is 0 Å². The van der Waals surface area contributed by atoms with Crippen LogP contribution in [0.4, 0.5) is 13.2 Å². The molecule has 0 heterocycles. The largest absolute Gasteiger partial charge is 0.416 e. The zero-order valence-corrected chi connectivity index (χ0v) is 22.0. The van der Waals surface area contributed by atoms with E-state index in [0.29, 0.717) is 36.8 Å². The summed E-state index contributed by atoms with van der Waals surface area (Å²) in [6.45, 7) is 21.4. The molecule has 0 radical (unpaired) electrons. The zero-order valence-electron chi connectivity index (χ0n) is 22.0. The number of hydrogen-bond donors (Lipinski definition) is 1. The minimum atomic E-state index is -4.45. The van der Waals surface area contributed by atoms with Gasteiger partial charge in [0.1, 0.15) is 0 Å². The van der Waals surface area contributed by atoms with Crippen molar-refractivity contribution in [1.29, 1.82) is 0 Å². The topological polar surface area (TPSA) is 20.2 Å². The molecule has 35 heavy (non-hydrogen) atoms. The van der Waals surface area contributed by atoms with E-state index >= 15 is 0 Å². The highest BCUT2D eigenvalue weighted by Gasteiger charge is 2.31. The highest BCUT2D eigenvalue weighted by atomic mass is 19.4. The lowest BCUT2D eigenvalue weighted by Gasteiger charge is -2.26. The molecular formula is C31H41F3O. The molecule has 0 amide bonds. The quantitative estimate of drug-likeness (QED) is 0.217. The first-order valence-corrected chi connectivity index (χ1v) is 12.2. The number of halogens is 3. The van der Waals surface area contributed by atoms with Gasteiger partial charge in [-0.3, -0.25) is 0 Å². The van der Waals surface area contributed by atoms with Crippen LogP contribution in [-0.2, 0) is 0 Å². The summed E-state index contributed by atoms with van der Waals surface area (Å²) in [6.07, 6.45) is 3.20. The fourth-order valence-electron chi connectivity index (χ4n) is 4.07. The number of aliphatic hydroxyl groups is 1. The molecule has 192 valence electrons. The van der Waals surface area contributed by atoms with Gasteiger partial charge in [-0.25, -0.2) is 0 Å². The Morgan fingerprint density at radius 1 is 0.943 bits per heavy atom. The minimum Gasteiger partial charge on any atom is -0.390 e. The summed E-state index contributed by atoms with van der Waals surface area (Å²) in [6, 6.07) is 7.67. The van der Waals surface area contributed by atoms with Crippen LogP contribution in [0.1, 0.15) is 84.3 Å². The summed E-state index contributed by atoms with van der Waals surface area (Å²) in [4.78, 5) is 0. The summed E-state index contributed by atoms with van der Waals surface area (Å²) in [7, 11) is 0. The Bertz CT molecular complexity index is 981. The maximum atomic E-state index is 13.6. The molecular weight excluding hydrogens is 445 g/mol. The van der Waals surface area contributed by atoms with Crippen molar-refractivity contribution in [2.24, 2.45) is 0 Å². The lowest BCUT2D eigenvalue weighted by Crippen LogP contribution is -2.26. The van der Waals surface area contributed by atoms with E-state index in [0.717, 1.165) is 46.8 Å². The Labute approximate surface area is 210 Å². The fraction of sp³-hybridized carbons (Fsp3) is 0.419. The zero-order chi connectivity index (χ0) is 26.8. The van der Waals surface area contributed by atoms with Gasteiger partial charge in [0.05, 0.1) is 11.2 Å². The molecule has 1 rings (SSSR count). The number of allylic oxidation sites excluding steroid dienone is 8. The predicted molar refractivity (Wildman–Crippen MR) is 145 cm³/mol. The van der Waals surface area contributed by atoms with Crippen LogP contribution in [0.15, 0.2) is 84.5 Å². The van der Waals surface area contributed by atoms with E-state index in [1.165, 1.54) is 12.2 Å². The predicted octanol–water partition coefficient (Wildman–Crippen LogP) is 9.78. The summed E-state index contributed by atoms with van der Waals surface area (Å²) < 4.78 is 40.7. The molecule has 1 aromatic carbocycles. The standard InChI is InChI=1S/C31H41F3O/c1-9-13-28(31(32,33)34)20-25(8)29(27-18-16-26(17-19-27)22(4)5)24(7)15-12-14-23(6)21-30(35,10-2)11-3/h9,13,16-20,35H,4,6-7,10-12,14-15,21H2,1-3,5,8H3/b13-9-,28-20+,29-25-. The van der Waals surface area contributed by atoms with Gasteiger partial charge in [0.2, 0.25) is 0 Å². The molecule has 0 atom stereocenters. The molecule has 0 aliphatic rings. The van der Waals surface area contributed by atoms with Crippen LogP contribution >= 0.6 is 0 Å². The van der Waals surface area contributed by atoms with Gasteiger partial charge in [-0.15, -0.1) is 0 Å². The summed E-state index contributed by atoms with van der Waals surface area (Å²) >= 11 is 0. The fourth-order valence-corrected chi connectivity index (χ4v) is 4.07. The molecule has 0 aliphatic carbocycles. The third-order valence-electron chi connectivity index (χ3n) is 6.36. The minimum absolute atomic E-state index is 0.508. The first kappa shape index (κ1) is 30.4. The number of hydrogen-bond acceptors (Lipinski definition) is 1. The molecule has 0 aromatic heterocycles. The van der Waals surface area contributed by atoms with Gasteiger partial charge in [0.15, 0.2) is 0 Å². The SMILES string of the molecule is C=C(CCCC(=C)/C(=C(C)/C=C(\C=C/C)C(F)(F)F)c1ccc(C(=C)C)cc1)CC(O)(CC)CC. The Morgan fingerprint density at radius 3 is 1.94 bits per heavy atom. The third-order valence-corrected chi connectivity index (χ3v) is 6.36. The molecule has 0 saturated carbocycles. The van der Waals surface area contributed by atoms with Gasteiger partial charge >= 0.3 is 6.18 Å². The molecule has 0 saturated heterocycles. The van der Waals surface area contributed by atoms with Gasteiger partial charge in [-0.1, -0.05) is 81.1 Å². The third kappa shape index (κ3) is 9.52. The van der Waals surface area contributed by atoms with E-state index in [9.17, 15) is 18.3 Å². The highest BCUT2D eigenvalue weighted by Crippen LogP contribution is 2.34. The van der Waals surface area contributed by atoms with Crippen molar-refractivity contribution < 1.29 is 18.3 Å². The maximum Gasteiger partial charge on any atom is 0.416 e. The van der Waals surface area contributed by atoms with E-state index in [1.807, 2.05) is 45.0 Å². The molecule has 0 unspecified atom stereocenters. The lowest BCUT2D eigenvalue weighted by atomic mass is 9.86. The molecule has 0 bridgehead atoms. The molecule has 0 fully saturated rings. The van der Waals surface area contributed by atoms with Crippen molar-refractivity contribution in [3.63, 3.8) is 0 Å². The van der Waals surface area contributed by atoms with E-state index < -0.39 is 17.4 Å². The van der Waals surface area contributed by atoms with Crippen molar-refractivity contribution in [2.75, 3.05) is 0 Å². The van der Waals surface area contributed by atoms with Crippen molar-refractivity contribution >= 4 is 11.1 Å². The Hall–Kier alpha value is -2.59. The smallest absolute Gasteiger partial charge is 0.390 e. The summed E-state index contributed by atoms with van der Waals surface area (Å²) in [5.41, 5.74) is 4.26. The van der Waals surface area contributed by atoms with Crippen LogP contribution in [0.25, 0.3) is 11.1 Å². The normalized spacial score (nSPS) is 13.7. The summed E-state index contributed by atoms with van der Waals surface area (Å²) in [5, 5.41) is 10.6. The van der Waals surface area contributed by atoms with Crippen LogP contribution in [0, 0.1) is 0 Å². The number of benzene rings is 1. The van der Waals surface area contributed by atoms with Gasteiger partial charge < -0.3 is 5.11 Å². The van der Waals surface area contributed by atoms with Crippen LogP contribution < -0.4 is 0 Å². The van der Waals surface area contributed by atoms with Crippen LogP contribution in [-0.4, -0.2) is 16.9 Å². The molecule has 0 spiro atoms. The first-order chi connectivity index (χ1) is 16.3. The second-order valence-electron chi connectivity index (χ2n) is 9.33. The van der Waals surface area contributed by atoms with Gasteiger partial charge in [-0.05, 0) is 93.2 Å². The average molecular weight is 487 g/mol. The Morgan fingerprint density at radius 2 is 1.49 bits per heavy atom. The second kappa shape index (κ2) is 13.5. The van der Waals surface area contributed by atoms with Crippen molar-refractivity contribution in [3.8, 4) is 0 Å². The van der Waals surface area contributed by atoms with Crippen LogP contribution in [0.3, 0.4) is 0 Å². The van der Waals surface area contributed by atoms with Crippen LogP contribution in [0.5, 0.6) is 0 Å². The number of alkyl halides is 3. The lowest BCUT2D eigenvalue weighted by molar-refractivity contribution is -0.0882. The molecule has 1 aromatic rings. The van der Waals surface area contributed by atoms with Crippen molar-refractivity contribution in [3.05, 3.63) is 95.6 Å². The molecule has 1 N–H and O–H groups in total. The number of rotatable bonds is 13. The van der Waals surface area contributed by atoms with Crippen molar-refractivity contribution in [2.45, 2.75) is 84.9 Å². The van der Waals surface area contributed by atoms with E-state index in [2.05, 4.69) is 19.7 Å². The van der Waals surface area contributed by atoms with E-state index in [4.69, 9.17) is 0 Å².